The average molecular weight is 622 g/mol. The van der Waals surface area contributed by atoms with Crippen molar-refractivity contribution >= 4 is 27.5 Å². The Kier molecular flexibility index (Phi) is 6.66. The lowest BCUT2D eigenvalue weighted by Crippen LogP contribution is -2.57. The van der Waals surface area contributed by atoms with Crippen LogP contribution in [0.1, 0.15) is 44.6 Å². The normalized spacial score (nSPS) is 28.0. The first-order valence-electron chi connectivity index (χ1n) is 15.8. The number of piperazine rings is 1. The molecule has 2 bridgehead atoms. The number of benzene rings is 3. The monoisotopic (exact) mass is 621 g/mol. The molecule has 3 aromatic carbocycles. The van der Waals surface area contributed by atoms with E-state index in [0.29, 0.717) is 71.9 Å². The van der Waals surface area contributed by atoms with Crippen molar-refractivity contribution in [1.29, 1.82) is 0 Å². The topological polar surface area (TPSA) is 73.8 Å². The lowest BCUT2D eigenvalue weighted by Gasteiger charge is -2.37. The van der Waals surface area contributed by atoms with E-state index in [1.165, 1.54) is 18.2 Å². The summed E-state index contributed by atoms with van der Waals surface area (Å²) in [5.41, 5.74) is 0.413. The number of aryl methyl sites for hydroxylation is 1. The summed E-state index contributed by atoms with van der Waals surface area (Å²) in [4.78, 5) is 13.2. The number of nitrogens with zero attached hydrogens (tertiary/aromatic N) is 4. The quantitative estimate of drug-likeness (QED) is 0.197. The molecule has 5 heterocycles. The summed E-state index contributed by atoms with van der Waals surface area (Å²) >= 11 is 0. The van der Waals surface area contributed by atoms with Crippen molar-refractivity contribution in [3.63, 3.8) is 0 Å². The van der Waals surface area contributed by atoms with Crippen molar-refractivity contribution in [3.8, 4) is 22.9 Å². The number of anilines is 1. The van der Waals surface area contributed by atoms with E-state index in [1.54, 1.807) is 18.2 Å². The molecule has 4 atom stereocenters. The van der Waals surface area contributed by atoms with Gasteiger partial charge in [0.25, 0.3) is 0 Å². The van der Waals surface area contributed by atoms with Crippen molar-refractivity contribution in [1.82, 2.24) is 20.2 Å². The van der Waals surface area contributed by atoms with Gasteiger partial charge in [0, 0.05) is 36.5 Å². The van der Waals surface area contributed by atoms with Gasteiger partial charge in [0.1, 0.15) is 35.7 Å². The zero-order chi connectivity index (χ0) is 31.1. The summed E-state index contributed by atoms with van der Waals surface area (Å²) in [6.07, 6.45) is 2.58. The molecule has 45 heavy (non-hydrogen) atoms. The SMILES string of the molecule is CCc1c(F)ccc2cc(O)cc(-c3ccc4c(N5C[C@H]6CC[C@@](F)(C5)N6)nc(OC[C@@]56CCCN5C[C@H](F)C6)nc4c3F)c12. The van der Waals surface area contributed by atoms with Crippen LogP contribution >= 0.6 is 0 Å². The molecule has 0 saturated carbocycles. The Morgan fingerprint density at radius 2 is 1.96 bits per heavy atom. The standard InChI is InChI=1S/C34H35F4N5O2/c1-2-23-27(36)7-4-19-12-22(44)13-26(28(19)23)24-5-6-25-30(29(24)37)39-32(45-18-33-9-3-11-43(33)15-20(35)14-33)40-31(25)42-16-21-8-10-34(38,17-42)41-21/h4-7,12-13,20-21,41,44H,2-3,8-11,14-18H2,1H3/t20-,21-,33+,34+/m1/s1. The lowest BCUT2D eigenvalue weighted by molar-refractivity contribution is 0.107. The van der Waals surface area contributed by atoms with Crippen LogP contribution in [0.4, 0.5) is 23.4 Å². The van der Waals surface area contributed by atoms with E-state index in [2.05, 4.69) is 15.2 Å². The van der Waals surface area contributed by atoms with Crippen LogP contribution in [0.25, 0.3) is 32.8 Å². The minimum absolute atomic E-state index is 0.0206. The van der Waals surface area contributed by atoms with Gasteiger partial charge in [0.2, 0.25) is 0 Å². The molecule has 4 saturated heterocycles. The molecule has 0 aliphatic carbocycles. The number of rotatable bonds is 6. The first-order chi connectivity index (χ1) is 21.6. The van der Waals surface area contributed by atoms with E-state index in [4.69, 9.17) is 9.72 Å². The van der Waals surface area contributed by atoms with Gasteiger partial charge in [-0.3, -0.25) is 10.2 Å². The summed E-state index contributed by atoms with van der Waals surface area (Å²) in [5.74, 6) is -2.38. The Morgan fingerprint density at radius 3 is 2.78 bits per heavy atom. The molecule has 2 N–H and O–H groups in total. The smallest absolute Gasteiger partial charge is 0.319 e. The van der Waals surface area contributed by atoms with Gasteiger partial charge in [-0.05, 0) is 84.8 Å². The number of aromatic nitrogens is 2. The molecule has 4 aliphatic heterocycles. The highest BCUT2D eigenvalue weighted by Gasteiger charge is 2.50. The maximum absolute atomic E-state index is 16.8. The molecule has 0 radical (unpaired) electrons. The summed E-state index contributed by atoms with van der Waals surface area (Å²) < 4.78 is 68.0. The second-order valence-electron chi connectivity index (χ2n) is 13.2. The van der Waals surface area contributed by atoms with E-state index in [9.17, 15) is 13.9 Å². The fourth-order valence-electron chi connectivity index (χ4n) is 8.31. The van der Waals surface area contributed by atoms with Crippen molar-refractivity contribution in [3.05, 3.63) is 53.6 Å². The molecule has 0 amide bonds. The number of hydrogen-bond acceptors (Lipinski definition) is 7. The highest BCUT2D eigenvalue weighted by Crippen LogP contribution is 2.43. The Bertz CT molecular complexity index is 1840. The fraction of sp³-hybridized carbons (Fsp3) is 0.471. The predicted octanol–water partition coefficient (Wildman–Crippen LogP) is 6.19. The third-order valence-corrected chi connectivity index (χ3v) is 10.3. The molecule has 8 rings (SSSR count). The first-order valence-corrected chi connectivity index (χ1v) is 15.8. The number of ether oxygens (including phenoxy) is 1. The zero-order valence-corrected chi connectivity index (χ0v) is 25.1. The molecule has 1 aromatic heterocycles. The number of nitrogens with one attached hydrogen (secondary N) is 1. The van der Waals surface area contributed by atoms with E-state index in [-0.39, 0.29) is 42.0 Å². The molecule has 7 nitrogen and oxygen atoms in total. The number of alkyl halides is 2. The largest absolute Gasteiger partial charge is 0.508 e. The van der Waals surface area contributed by atoms with Crippen molar-refractivity contribution in [2.75, 3.05) is 37.7 Å². The number of fused-ring (bicyclic) bond motifs is 5. The van der Waals surface area contributed by atoms with Crippen molar-refractivity contribution in [2.45, 2.75) is 69.0 Å². The Morgan fingerprint density at radius 1 is 1.09 bits per heavy atom. The minimum atomic E-state index is -1.58. The Labute approximate surface area is 258 Å². The zero-order valence-electron chi connectivity index (χ0n) is 25.1. The molecule has 0 spiro atoms. The molecule has 11 heteroatoms. The van der Waals surface area contributed by atoms with Gasteiger partial charge < -0.3 is 14.7 Å². The second-order valence-corrected chi connectivity index (χ2v) is 13.2. The van der Waals surface area contributed by atoms with Crippen LogP contribution in [-0.4, -0.2) is 76.3 Å². The predicted molar refractivity (Wildman–Crippen MR) is 164 cm³/mol. The molecular weight excluding hydrogens is 586 g/mol. The summed E-state index contributed by atoms with van der Waals surface area (Å²) in [5, 5.41) is 15.1. The molecule has 236 valence electrons. The summed E-state index contributed by atoms with van der Waals surface area (Å²) in [7, 11) is 0. The third-order valence-electron chi connectivity index (χ3n) is 10.3. The lowest BCUT2D eigenvalue weighted by atomic mass is 9.92. The third kappa shape index (κ3) is 4.69. The van der Waals surface area contributed by atoms with Crippen LogP contribution in [0.2, 0.25) is 0 Å². The number of phenolic OH excluding ortho intramolecular Hbond substituents is 1. The van der Waals surface area contributed by atoms with Crippen molar-refractivity contribution < 1.29 is 27.4 Å². The molecule has 4 fully saturated rings. The maximum atomic E-state index is 16.8. The summed E-state index contributed by atoms with van der Waals surface area (Å²) in [6.45, 7) is 3.67. The van der Waals surface area contributed by atoms with Gasteiger partial charge in [0.15, 0.2) is 11.6 Å². The van der Waals surface area contributed by atoms with Crippen LogP contribution in [0.5, 0.6) is 11.8 Å². The number of halogens is 4. The van der Waals surface area contributed by atoms with Crippen molar-refractivity contribution in [2.24, 2.45) is 0 Å². The van der Waals surface area contributed by atoms with Gasteiger partial charge in [-0.1, -0.05) is 19.1 Å². The molecule has 4 aliphatic rings. The average Bonchev–Trinajstić information content (AvgIpc) is 3.63. The van der Waals surface area contributed by atoms with Crippen LogP contribution < -0.4 is 15.0 Å². The maximum Gasteiger partial charge on any atom is 0.319 e. The molecular formula is C34H35F4N5O2. The first kappa shape index (κ1) is 28.8. The Balaban J connectivity index is 1.28. The van der Waals surface area contributed by atoms with Gasteiger partial charge in [-0.15, -0.1) is 0 Å². The van der Waals surface area contributed by atoms with E-state index in [1.807, 2.05) is 11.8 Å². The van der Waals surface area contributed by atoms with E-state index in [0.717, 1.165) is 19.4 Å². The van der Waals surface area contributed by atoms with Gasteiger partial charge in [-0.2, -0.15) is 9.97 Å². The van der Waals surface area contributed by atoms with E-state index >= 15 is 8.78 Å². The highest BCUT2D eigenvalue weighted by atomic mass is 19.2. The fourth-order valence-corrected chi connectivity index (χ4v) is 8.31. The van der Waals surface area contributed by atoms with Crippen LogP contribution in [0, 0.1) is 11.6 Å². The Hall–Kier alpha value is -3.70. The van der Waals surface area contributed by atoms with Crippen LogP contribution in [0.3, 0.4) is 0 Å². The van der Waals surface area contributed by atoms with Crippen LogP contribution in [0.15, 0.2) is 36.4 Å². The summed E-state index contributed by atoms with van der Waals surface area (Å²) in [6, 6.07) is 9.04. The molecule has 0 unspecified atom stereocenters. The second kappa shape index (κ2) is 10.4. The van der Waals surface area contributed by atoms with Gasteiger partial charge in [0.05, 0.1) is 12.1 Å². The van der Waals surface area contributed by atoms with Crippen LogP contribution in [-0.2, 0) is 6.42 Å². The molecule has 4 aromatic rings. The number of aromatic hydroxyl groups is 1. The van der Waals surface area contributed by atoms with E-state index < -0.39 is 29.1 Å². The van der Waals surface area contributed by atoms with Gasteiger partial charge >= 0.3 is 6.01 Å². The number of hydrogen-bond donors (Lipinski definition) is 2. The highest BCUT2D eigenvalue weighted by molar-refractivity contribution is 6.03. The van der Waals surface area contributed by atoms with Gasteiger partial charge in [-0.25, -0.2) is 17.6 Å². The minimum Gasteiger partial charge on any atom is -0.508 e. The number of phenols is 1.